The van der Waals surface area contributed by atoms with Crippen LogP contribution in [0.15, 0.2) is 42.0 Å². The lowest BCUT2D eigenvalue weighted by molar-refractivity contribution is -0.160. The van der Waals surface area contributed by atoms with Crippen LogP contribution in [0, 0.1) is 17.8 Å². The fourth-order valence-corrected chi connectivity index (χ4v) is 6.22. The van der Waals surface area contributed by atoms with Crippen molar-refractivity contribution in [3.8, 4) is 16.9 Å². The van der Waals surface area contributed by atoms with E-state index in [9.17, 15) is 39.6 Å². The Labute approximate surface area is 235 Å². The van der Waals surface area contributed by atoms with E-state index in [0.29, 0.717) is 17.7 Å². The number of nitrogens with one attached hydrogen (secondary N) is 1. The fraction of sp³-hybridized carbons (Fsp3) is 0.400. The molecule has 3 aliphatic rings. The summed E-state index contributed by atoms with van der Waals surface area (Å²) in [4.78, 5) is 50.2. The van der Waals surface area contributed by atoms with Crippen LogP contribution >= 0.6 is 0 Å². The second-order valence-electron chi connectivity index (χ2n) is 11.5. The van der Waals surface area contributed by atoms with Crippen molar-refractivity contribution in [2.24, 2.45) is 23.5 Å². The van der Waals surface area contributed by atoms with Crippen LogP contribution in [0.4, 0.5) is 4.79 Å². The van der Waals surface area contributed by atoms with Crippen LogP contribution in [-0.4, -0.2) is 61.8 Å². The maximum absolute atomic E-state index is 13.5. The first kappa shape index (κ1) is 28.3. The van der Waals surface area contributed by atoms with Crippen LogP contribution < -0.4 is 11.1 Å². The number of fused-ring (bicyclic) bond motifs is 3. The summed E-state index contributed by atoms with van der Waals surface area (Å²) in [6.45, 7) is 4.45. The molecule has 2 aromatic rings. The van der Waals surface area contributed by atoms with Gasteiger partial charge in [0.05, 0.1) is 12.2 Å². The molecule has 0 radical (unpaired) electrons. The number of benzene rings is 2. The van der Waals surface area contributed by atoms with Crippen LogP contribution in [0.3, 0.4) is 0 Å². The summed E-state index contributed by atoms with van der Waals surface area (Å²) in [7, 11) is 0. The zero-order valence-electron chi connectivity index (χ0n) is 22.6. The van der Waals surface area contributed by atoms with Crippen molar-refractivity contribution in [2.45, 2.75) is 50.9 Å². The standard InChI is InChI=1S/C30H32N2O9/c1-14(2)13-41-28(38)32-12-15-3-5-16(6-4-15)19-7-8-21(33)23-20(19)10-17-9-18-11-29(39,27(31)37)26(36)30(18,40)25(35)22(17)24(23)34/h3-8,14,17-18,33-34,39-40H,9-13H2,1-2H3,(H2,31,37)(H,32,38)/t17-,18+,29?,30+/m1/s1. The molecule has 0 saturated heterocycles. The van der Waals surface area contributed by atoms with Gasteiger partial charge in [0.25, 0.3) is 5.91 Å². The number of hydrogen-bond donors (Lipinski definition) is 6. The van der Waals surface area contributed by atoms with Crippen molar-refractivity contribution in [1.29, 1.82) is 0 Å². The van der Waals surface area contributed by atoms with E-state index in [1.165, 1.54) is 6.07 Å². The van der Waals surface area contributed by atoms with Crippen molar-refractivity contribution in [3.05, 3.63) is 58.7 Å². The summed E-state index contributed by atoms with van der Waals surface area (Å²) in [5, 5.41) is 46.4. The van der Waals surface area contributed by atoms with E-state index in [1.807, 2.05) is 38.1 Å². The molecule has 0 spiro atoms. The number of aliphatic hydroxyl groups excluding tert-OH is 1. The van der Waals surface area contributed by atoms with Gasteiger partial charge in [-0.15, -0.1) is 0 Å². The minimum absolute atomic E-state index is 0.0124. The molecular weight excluding hydrogens is 532 g/mol. The van der Waals surface area contributed by atoms with Crippen molar-refractivity contribution < 1.29 is 44.3 Å². The molecule has 216 valence electrons. The molecule has 0 heterocycles. The topological polar surface area (TPSA) is 196 Å². The van der Waals surface area contributed by atoms with E-state index >= 15 is 0 Å². The van der Waals surface area contributed by atoms with Gasteiger partial charge in [0.1, 0.15) is 11.5 Å². The Morgan fingerprint density at radius 2 is 1.78 bits per heavy atom. The Morgan fingerprint density at radius 1 is 1.10 bits per heavy atom. The van der Waals surface area contributed by atoms with Crippen molar-refractivity contribution in [2.75, 3.05) is 6.61 Å². The molecule has 3 aliphatic carbocycles. The molecule has 0 aliphatic heterocycles. The lowest BCUT2D eigenvalue weighted by Gasteiger charge is -2.40. The van der Waals surface area contributed by atoms with Crippen LogP contribution in [0.5, 0.6) is 5.75 Å². The highest BCUT2D eigenvalue weighted by Crippen LogP contribution is 2.54. The van der Waals surface area contributed by atoms with E-state index in [-0.39, 0.29) is 42.2 Å². The van der Waals surface area contributed by atoms with Gasteiger partial charge in [-0.05, 0) is 59.4 Å². The fourth-order valence-electron chi connectivity index (χ4n) is 6.22. The van der Waals surface area contributed by atoms with Gasteiger partial charge in [0.15, 0.2) is 5.60 Å². The molecule has 2 fully saturated rings. The third-order valence-corrected chi connectivity index (χ3v) is 8.31. The first-order chi connectivity index (χ1) is 19.3. The van der Waals surface area contributed by atoms with Crippen molar-refractivity contribution in [3.63, 3.8) is 0 Å². The van der Waals surface area contributed by atoms with Crippen LogP contribution in [-0.2, 0) is 32.1 Å². The van der Waals surface area contributed by atoms with Crippen molar-refractivity contribution >= 4 is 29.3 Å². The molecule has 11 heteroatoms. The minimum Gasteiger partial charge on any atom is -0.507 e. The van der Waals surface area contributed by atoms with Crippen molar-refractivity contribution in [1.82, 2.24) is 5.32 Å². The number of Topliss-reactive ketones (excluding diaryl/α,β-unsaturated/α-hetero) is 2. The number of alkyl carbamates (subject to hydrolysis) is 1. The normalized spacial score (nSPS) is 26.9. The quantitative estimate of drug-likeness (QED) is 0.284. The Morgan fingerprint density at radius 3 is 2.41 bits per heavy atom. The molecule has 0 bridgehead atoms. The molecular formula is C30H32N2O9. The zero-order valence-corrected chi connectivity index (χ0v) is 22.6. The highest BCUT2D eigenvalue weighted by molar-refractivity contribution is 6.28. The molecule has 2 amide bonds. The summed E-state index contributed by atoms with van der Waals surface area (Å²) in [6, 6.07) is 10.4. The van der Waals surface area contributed by atoms with E-state index in [4.69, 9.17) is 10.5 Å². The second-order valence-corrected chi connectivity index (χ2v) is 11.5. The molecule has 4 atom stereocenters. The number of rotatable bonds is 6. The summed E-state index contributed by atoms with van der Waals surface area (Å²) in [5.74, 6) is -6.20. The molecule has 5 rings (SSSR count). The van der Waals surface area contributed by atoms with Crippen LogP contribution in [0.2, 0.25) is 0 Å². The van der Waals surface area contributed by atoms with Gasteiger partial charge < -0.3 is 36.2 Å². The largest absolute Gasteiger partial charge is 0.507 e. The Balaban J connectivity index is 1.45. The number of ether oxygens (including phenoxy) is 1. The zero-order chi connectivity index (χ0) is 29.9. The number of primary amides is 1. The summed E-state index contributed by atoms with van der Waals surface area (Å²) >= 11 is 0. The number of aliphatic hydroxyl groups is 3. The number of phenolic OH excluding ortho intramolecular Hbond substituents is 1. The monoisotopic (exact) mass is 564 g/mol. The third-order valence-electron chi connectivity index (χ3n) is 8.31. The smallest absolute Gasteiger partial charge is 0.407 e. The Bertz CT molecular complexity index is 1500. The van der Waals surface area contributed by atoms with E-state index < -0.39 is 58.8 Å². The number of nitrogens with two attached hydrogens (primary N) is 1. The first-order valence-electron chi connectivity index (χ1n) is 13.4. The maximum atomic E-state index is 13.5. The van der Waals surface area contributed by atoms with Crippen LogP contribution in [0.25, 0.3) is 16.9 Å². The molecule has 2 aromatic carbocycles. The molecule has 0 aromatic heterocycles. The number of phenols is 1. The minimum atomic E-state index is -2.71. The van der Waals surface area contributed by atoms with Gasteiger partial charge in [-0.1, -0.05) is 44.2 Å². The average molecular weight is 565 g/mol. The Hall–Kier alpha value is -4.22. The summed E-state index contributed by atoms with van der Waals surface area (Å²) < 4.78 is 5.12. The number of carbonyl (C=O) groups is 4. The lowest BCUT2D eigenvalue weighted by atomic mass is 9.64. The predicted molar refractivity (Wildman–Crippen MR) is 145 cm³/mol. The third kappa shape index (κ3) is 4.45. The first-order valence-corrected chi connectivity index (χ1v) is 13.4. The number of hydrogen-bond acceptors (Lipinski definition) is 9. The van der Waals surface area contributed by atoms with E-state index in [0.717, 1.165) is 11.1 Å². The number of carbonyl (C=O) groups excluding carboxylic acids is 4. The van der Waals surface area contributed by atoms with E-state index in [1.54, 1.807) is 6.07 Å². The second kappa shape index (κ2) is 10.0. The van der Waals surface area contributed by atoms with E-state index in [2.05, 4.69) is 5.32 Å². The average Bonchev–Trinajstić information content (AvgIpc) is 3.13. The lowest BCUT2D eigenvalue weighted by Crippen LogP contribution is -2.59. The SMILES string of the molecule is CC(C)COC(=O)NCc1ccc(-c2ccc(O)c3c2C[C@H]2C[C@H]4CC(O)(C(N)=O)C(=O)[C@@]4(O)C(=O)C2=C3O)cc1. The van der Waals surface area contributed by atoms with Gasteiger partial charge in [-0.2, -0.15) is 0 Å². The van der Waals surface area contributed by atoms with Gasteiger partial charge in [0.2, 0.25) is 17.2 Å². The van der Waals surface area contributed by atoms with Gasteiger partial charge in [0, 0.05) is 18.0 Å². The number of ketones is 2. The Kier molecular flexibility index (Phi) is 6.91. The molecule has 7 N–H and O–H groups in total. The van der Waals surface area contributed by atoms with Crippen LogP contribution in [0.1, 0.15) is 43.4 Å². The van der Waals surface area contributed by atoms with Gasteiger partial charge in [-0.25, -0.2) is 4.79 Å². The predicted octanol–water partition coefficient (Wildman–Crippen LogP) is 1.89. The highest BCUT2D eigenvalue weighted by atomic mass is 16.5. The summed E-state index contributed by atoms with van der Waals surface area (Å²) in [5.41, 5.74) is 2.44. The molecule has 11 nitrogen and oxygen atoms in total. The van der Waals surface area contributed by atoms with Gasteiger partial charge >= 0.3 is 6.09 Å². The molecule has 2 saturated carbocycles. The maximum Gasteiger partial charge on any atom is 0.407 e. The number of amides is 2. The molecule has 41 heavy (non-hydrogen) atoms. The summed E-state index contributed by atoms with van der Waals surface area (Å²) in [6.07, 6.45) is -0.811. The highest BCUT2D eigenvalue weighted by Gasteiger charge is 2.70. The van der Waals surface area contributed by atoms with Gasteiger partial charge in [-0.3, -0.25) is 14.4 Å². The number of aromatic hydroxyl groups is 1. The molecule has 1 unspecified atom stereocenters.